The van der Waals surface area contributed by atoms with E-state index in [0.717, 1.165) is 11.5 Å². The van der Waals surface area contributed by atoms with Crippen molar-refractivity contribution in [2.45, 2.75) is 6.29 Å². The number of carboxylic acid groups (broad SMARTS) is 1. The summed E-state index contributed by atoms with van der Waals surface area (Å²) in [5, 5.41) is 10.2. The zero-order valence-corrected chi connectivity index (χ0v) is 13.1. The fourth-order valence-electron chi connectivity index (χ4n) is 1.55. The molecule has 6 nitrogen and oxygen atoms in total. The number of carbonyl (C=O) groups is 1. The summed E-state index contributed by atoms with van der Waals surface area (Å²) in [5.74, 6) is 1.74. The van der Waals surface area contributed by atoms with E-state index in [2.05, 4.69) is 5.32 Å². The van der Waals surface area contributed by atoms with Crippen molar-refractivity contribution in [2.24, 2.45) is 0 Å². The van der Waals surface area contributed by atoms with Gasteiger partial charge in [-0.05, 0) is 24.3 Å². The Morgan fingerprint density at radius 2 is 1.39 bits per heavy atom. The standard InChI is InChI=1S/C12H10O.C5H11NO4/c1-3-7-11(8-4-1)13-12-9-5-2-6-10-12;1-9-4(10-2)3-6-5(7)8/h1-10H;4,6H,3H2,1-2H3,(H,7,8). The Kier molecular flexibility index (Phi) is 8.88. The minimum absolute atomic E-state index is 0.141. The van der Waals surface area contributed by atoms with E-state index < -0.39 is 12.4 Å². The SMILES string of the molecule is COC(CNC(=O)O)OC.c1ccc(Oc2ccccc2)cc1. The summed E-state index contributed by atoms with van der Waals surface area (Å²) in [5.41, 5.74) is 0. The molecule has 0 aliphatic carbocycles. The van der Waals surface area contributed by atoms with Crippen LogP contribution in [0.1, 0.15) is 0 Å². The Bertz CT molecular complexity index is 506. The predicted molar refractivity (Wildman–Crippen MR) is 86.8 cm³/mol. The van der Waals surface area contributed by atoms with Crippen LogP contribution in [-0.4, -0.2) is 38.3 Å². The third-order valence-electron chi connectivity index (χ3n) is 2.67. The van der Waals surface area contributed by atoms with E-state index in [4.69, 9.17) is 19.3 Å². The molecule has 0 fully saturated rings. The Hall–Kier alpha value is -2.57. The van der Waals surface area contributed by atoms with Crippen molar-refractivity contribution < 1.29 is 24.1 Å². The number of nitrogens with one attached hydrogen (secondary N) is 1. The molecule has 0 aromatic heterocycles. The first-order valence-corrected chi connectivity index (χ1v) is 6.96. The van der Waals surface area contributed by atoms with Crippen molar-refractivity contribution in [2.75, 3.05) is 20.8 Å². The molecule has 1 amide bonds. The molecule has 0 bridgehead atoms. The number of benzene rings is 2. The third kappa shape index (κ3) is 8.45. The molecule has 0 radical (unpaired) electrons. The topological polar surface area (TPSA) is 77.0 Å². The van der Waals surface area contributed by atoms with Gasteiger partial charge in [0.2, 0.25) is 0 Å². The van der Waals surface area contributed by atoms with Crippen molar-refractivity contribution in [1.82, 2.24) is 5.32 Å². The summed E-state index contributed by atoms with van der Waals surface area (Å²) in [7, 11) is 2.88. The molecule has 2 rings (SSSR count). The van der Waals surface area contributed by atoms with Gasteiger partial charge in [0.05, 0.1) is 6.54 Å². The van der Waals surface area contributed by atoms with Crippen LogP contribution in [0.25, 0.3) is 0 Å². The maximum atomic E-state index is 9.91. The van der Waals surface area contributed by atoms with Crippen molar-refractivity contribution in [1.29, 1.82) is 0 Å². The van der Waals surface area contributed by atoms with Crippen molar-refractivity contribution >= 4 is 6.09 Å². The molecule has 2 aromatic rings. The molecule has 0 atom stereocenters. The van der Waals surface area contributed by atoms with Crippen LogP contribution in [0.5, 0.6) is 11.5 Å². The van der Waals surface area contributed by atoms with E-state index in [9.17, 15) is 4.79 Å². The Balaban J connectivity index is 0.000000241. The fraction of sp³-hybridized carbons (Fsp3) is 0.235. The molecular formula is C17H21NO5. The Morgan fingerprint density at radius 1 is 0.957 bits per heavy atom. The molecule has 0 saturated carbocycles. The van der Waals surface area contributed by atoms with Crippen LogP contribution >= 0.6 is 0 Å². The maximum absolute atomic E-state index is 9.91. The number of methoxy groups -OCH3 is 2. The lowest BCUT2D eigenvalue weighted by molar-refractivity contribution is -0.0977. The molecule has 2 N–H and O–H groups in total. The van der Waals surface area contributed by atoms with Crippen molar-refractivity contribution in [3.63, 3.8) is 0 Å². The molecule has 0 unspecified atom stereocenters. The zero-order chi connectivity index (χ0) is 16.9. The number of hydrogen-bond donors (Lipinski definition) is 2. The van der Waals surface area contributed by atoms with Gasteiger partial charge >= 0.3 is 6.09 Å². The number of para-hydroxylation sites is 2. The minimum atomic E-state index is -1.08. The monoisotopic (exact) mass is 319 g/mol. The van der Waals surface area contributed by atoms with Gasteiger partial charge < -0.3 is 24.6 Å². The molecule has 0 aliphatic heterocycles. The van der Waals surface area contributed by atoms with Crippen LogP contribution in [0.2, 0.25) is 0 Å². The highest BCUT2D eigenvalue weighted by Crippen LogP contribution is 2.19. The van der Waals surface area contributed by atoms with Gasteiger partial charge in [-0.1, -0.05) is 36.4 Å². The van der Waals surface area contributed by atoms with E-state index in [1.807, 2.05) is 60.7 Å². The van der Waals surface area contributed by atoms with Gasteiger partial charge in [0, 0.05) is 14.2 Å². The van der Waals surface area contributed by atoms with Gasteiger partial charge in [-0.15, -0.1) is 0 Å². The predicted octanol–water partition coefficient (Wildman–Crippen LogP) is 3.35. The van der Waals surface area contributed by atoms with Gasteiger partial charge in [-0.25, -0.2) is 4.79 Å². The fourth-order valence-corrected chi connectivity index (χ4v) is 1.55. The van der Waals surface area contributed by atoms with Crippen LogP contribution in [0.4, 0.5) is 4.79 Å². The van der Waals surface area contributed by atoms with E-state index in [0.29, 0.717) is 0 Å². The van der Waals surface area contributed by atoms with Crippen LogP contribution in [0.15, 0.2) is 60.7 Å². The van der Waals surface area contributed by atoms with E-state index >= 15 is 0 Å². The number of ether oxygens (including phenoxy) is 3. The molecule has 0 saturated heterocycles. The normalized spacial score (nSPS) is 9.70. The summed E-state index contributed by atoms with van der Waals surface area (Å²) in [4.78, 5) is 9.91. The number of rotatable bonds is 6. The van der Waals surface area contributed by atoms with Crippen LogP contribution in [0.3, 0.4) is 0 Å². The average Bonchev–Trinajstić information content (AvgIpc) is 2.58. The molecule has 0 aliphatic rings. The minimum Gasteiger partial charge on any atom is -0.465 e. The van der Waals surface area contributed by atoms with Gasteiger partial charge in [0.1, 0.15) is 11.5 Å². The molecule has 0 heterocycles. The first-order chi connectivity index (χ1) is 11.2. The van der Waals surface area contributed by atoms with E-state index in [1.54, 1.807) is 0 Å². The van der Waals surface area contributed by atoms with E-state index in [-0.39, 0.29) is 6.54 Å². The lowest BCUT2D eigenvalue weighted by Crippen LogP contribution is -2.32. The molecule has 0 spiro atoms. The quantitative estimate of drug-likeness (QED) is 0.798. The average molecular weight is 319 g/mol. The smallest absolute Gasteiger partial charge is 0.404 e. The van der Waals surface area contributed by atoms with Gasteiger partial charge in [0.25, 0.3) is 0 Å². The molecule has 6 heteroatoms. The number of amides is 1. The van der Waals surface area contributed by atoms with Crippen molar-refractivity contribution in [3.8, 4) is 11.5 Å². The highest BCUT2D eigenvalue weighted by molar-refractivity contribution is 5.64. The van der Waals surface area contributed by atoms with Crippen molar-refractivity contribution in [3.05, 3.63) is 60.7 Å². The summed E-state index contributed by atoms with van der Waals surface area (Å²) in [6.07, 6.45) is -1.59. The highest BCUT2D eigenvalue weighted by atomic mass is 16.7. The summed E-state index contributed by atoms with van der Waals surface area (Å²) < 4.78 is 15.0. The highest BCUT2D eigenvalue weighted by Gasteiger charge is 2.04. The Morgan fingerprint density at radius 3 is 1.74 bits per heavy atom. The second kappa shape index (κ2) is 11.1. The zero-order valence-electron chi connectivity index (χ0n) is 13.1. The van der Waals surface area contributed by atoms with Gasteiger partial charge in [0.15, 0.2) is 6.29 Å². The summed E-state index contributed by atoms with van der Waals surface area (Å²) in [6, 6.07) is 19.5. The largest absolute Gasteiger partial charge is 0.465 e. The second-order valence-electron chi connectivity index (χ2n) is 4.32. The molecular weight excluding hydrogens is 298 g/mol. The van der Waals surface area contributed by atoms with Crippen LogP contribution in [-0.2, 0) is 9.47 Å². The lowest BCUT2D eigenvalue weighted by atomic mass is 10.3. The van der Waals surface area contributed by atoms with E-state index in [1.165, 1.54) is 14.2 Å². The first kappa shape index (κ1) is 18.5. The third-order valence-corrected chi connectivity index (χ3v) is 2.67. The van der Waals surface area contributed by atoms with Gasteiger partial charge in [-0.2, -0.15) is 0 Å². The van der Waals surface area contributed by atoms with Gasteiger partial charge in [-0.3, -0.25) is 0 Å². The molecule has 23 heavy (non-hydrogen) atoms. The molecule has 124 valence electrons. The molecule has 2 aromatic carbocycles. The van der Waals surface area contributed by atoms with Crippen LogP contribution in [0, 0.1) is 0 Å². The maximum Gasteiger partial charge on any atom is 0.404 e. The lowest BCUT2D eigenvalue weighted by Gasteiger charge is -2.11. The Labute approximate surface area is 135 Å². The van der Waals surface area contributed by atoms with Crippen LogP contribution < -0.4 is 10.1 Å². The summed E-state index contributed by atoms with van der Waals surface area (Å²) >= 11 is 0. The summed E-state index contributed by atoms with van der Waals surface area (Å²) in [6.45, 7) is 0.141. The first-order valence-electron chi connectivity index (χ1n) is 6.96. The second-order valence-corrected chi connectivity index (χ2v) is 4.32. The number of hydrogen-bond acceptors (Lipinski definition) is 4.